The third-order valence-electron chi connectivity index (χ3n) is 2.89. The number of benzene rings is 2. The molecular weight excluding hydrogens is 248 g/mol. The van der Waals surface area contributed by atoms with Crippen LogP contribution in [0.3, 0.4) is 0 Å². The van der Waals surface area contributed by atoms with Gasteiger partial charge in [-0.05, 0) is 18.2 Å². The second-order valence-electron chi connectivity index (χ2n) is 4.33. The minimum atomic E-state index is 0.366. The highest BCUT2D eigenvalue weighted by Crippen LogP contribution is 2.16. The van der Waals surface area contributed by atoms with Crippen LogP contribution in [0.5, 0.6) is 5.75 Å². The molecule has 98 valence electrons. The van der Waals surface area contributed by atoms with Gasteiger partial charge in [-0.25, -0.2) is 9.97 Å². The lowest BCUT2D eigenvalue weighted by molar-refractivity contribution is 0.296. The van der Waals surface area contributed by atoms with Gasteiger partial charge in [-0.3, -0.25) is 0 Å². The average molecular weight is 262 g/mol. The van der Waals surface area contributed by atoms with Crippen molar-refractivity contribution in [3.8, 4) is 17.0 Å². The molecule has 0 spiro atoms. The fraction of sp³-hybridized carbons (Fsp3) is 0.0588. The van der Waals surface area contributed by atoms with Gasteiger partial charge in [-0.15, -0.1) is 0 Å². The third kappa shape index (κ3) is 3.01. The zero-order chi connectivity index (χ0) is 13.6. The van der Waals surface area contributed by atoms with Gasteiger partial charge in [0.1, 0.15) is 12.4 Å². The van der Waals surface area contributed by atoms with Crippen molar-refractivity contribution in [1.29, 1.82) is 0 Å². The van der Waals surface area contributed by atoms with Crippen molar-refractivity contribution in [2.24, 2.45) is 0 Å². The molecule has 0 aliphatic rings. The van der Waals surface area contributed by atoms with Gasteiger partial charge in [0.2, 0.25) is 0 Å². The molecule has 0 amide bonds. The van der Waals surface area contributed by atoms with Crippen LogP contribution in [0.25, 0.3) is 11.3 Å². The first-order valence-electron chi connectivity index (χ1n) is 6.47. The van der Waals surface area contributed by atoms with Crippen LogP contribution in [0.4, 0.5) is 0 Å². The van der Waals surface area contributed by atoms with E-state index in [0.29, 0.717) is 12.4 Å². The van der Waals surface area contributed by atoms with Gasteiger partial charge in [-0.2, -0.15) is 0 Å². The molecule has 0 saturated carbocycles. The highest BCUT2D eigenvalue weighted by atomic mass is 16.5. The summed E-state index contributed by atoms with van der Waals surface area (Å²) in [6.45, 7) is 0.366. The van der Waals surface area contributed by atoms with E-state index in [-0.39, 0.29) is 0 Å². The van der Waals surface area contributed by atoms with Crippen LogP contribution >= 0.6 is 0 Å². The lowest BCUT2D eigenvalue weighted by Gasteiger charge is -2.06. The Labute approximate surface area is 117 Å². The predicted octanol–water partition coefficient (Wildman–Crippen LogP) is 3.72. The summed E-state index contributed by atoms with van der Waals surface area (Å²) in [7, 11) is 0. The molecule has 3 aromatic rings. The van der Waals surface area contributed by atoms with E-state index in [0.717, 1.165) is 17.0 Å². The molecule has 3 rings (SSSR count). The molecule has 0 atom stereocenters. The molecule has 0 unspecified atom stereocenters. The van der Waals surface area contributed by atoms with Crippen LogP contribution in [-0.4, -0.2) is 9.97 Å². The summed E-state index contributed by atoms with van der Waals surface area (Å²) in [5.41, 5.74) is 1.99. The molecule has 20 heavy (non-hydrogen) atoms. The van der Waals surface area contributed by atoms with Crippen molar-refractivity contribution < 1.29 is 4.74 Å². The number of para-hydroxylation sites is 1. The summed E-state index contributed by atoms with van der Waals surface area (Å²) < 4.78 is 5.66. The Kier molecular flexibility index (Phi) is 3.69. The first-order chi connectivity index (χ1) is 9.92. The molecule has 0 aliphatic heterocycles. The normalized spacial score (nSPS) is 10.2. The standard InChI is InChI=1S/C17H14N2O/c1-3-7-14(8-4-1)16-11-12-18-17(19-16)13-20-15-9-5-2-6-10-15/h1-12H,13H2. The topological polar surface area (TPSA) is 35.0 Å². The molecule has 0 bridgehead atoms. The molecule has 1 heterocycles. The molecule has 0 aliphatic carbocycles. The minimum Gasteiger partial charge on any atom is -0.486 e. The van der Waals surface area contributed by atoms with Gasteiger partial charge >= 0.3 is 0 Å². The summed E-state index contributed by atoms with van der Waals surface area (Å²) in [6, 6.07) is 21.6. The van der Waals surface area contributed by atoms with E-state index < -0.39 is 0 Å². The lowest BCUT2D eigenvalue weighted by Crippen LogP contribution is -2.01. The van der Waals surface area contributed by atoms with E-state index in [2.05, 4.69) is 9.97 Å². The first-order valence-corrected chi connectivity index (χ1v) is 6.47. The molecule has 2 aromatic carbocycles. The Morgan fingerprint density at radius 2 is 1.50 bits per heavy atom. The maximum absolute atomic E-state index is 5.66. The van der Waals surface area contributed by atoms with Gasteiger partial charge < -0.3 is 4.74 Å². The van der Waals surface area contributed by atoms with E-state index in [4.69, 9.17) is 4.74 Å². The summed E-state index contributed by atoms with van der Waals surface area (Å²) in [5.74, 6) is 1.50. The van der Waals surface area contributed by atoms with E-state index in [9.17, 15) is 0 Å². The first kappa shape index (κ1) is 12.4. The second-order valence-corrected chi connectivity index (χ2v) is 4.33. The summed E-state index contributed by atoms with van der Waals surface area (Å²) in [5, 5.41) is 0. The molecule has 1 aromatic heterocycles. The third-order valence-corrected chi connectivity index (χ3v) is 2.89. The Hall–Kier alpha value is -2.68. The number of aromatic nitrogens is 2. The lowest BCUT2D eigenvalue weighted by atomic mass is 10.1. The highest BCUT2D eigenvalue weighted by Gasteiger charge is 2.02. The maximum Gasteiger partial charge on any atom is 0.166 e. The quantitative estimate of drug-likeness (QED) is 0.718. The van der Waals surface area contributed by atoms with Gasteiger partial charge in [0, 0.05) is 11.8 Å². The van der Waals surface area contributed by atoms with Gasteiger partial charge in [0.25, 0.3) is 0 Å². The van der Waals surface area contributed by atoms with Crippen LogP contribution in [0.2, 0.25) is 0 Å². The van der Waals surface area contributed by atoms with Crippen LogP contribution in [0.1, 0.15) is 5.82 Å². The SMILES string of the molecule is c1ccc(OCc2nccc(-c3ccccc3)n2)cc1. The maximum atomic E-state index is 5.66. The largest absolute Gasteiger partial charge is 0.486 e. The van der Waals surface area contributed by atoms with Crippen LogP contribution in [0.15, 0.2) is 72.9 Å². The Morgan fingerprint density at radius 3 is 2.25 bits per heavy atom. The highest BCUT2D eigenvalue weighted by molar-refractivity contribution is 5.58. The van der Waals surface area contributed by atoms with Crippen LogP contribution in [-0.2, 0) is 6.61 Å². The predicted molar refractivity (Wildman–Crippen MR) is 78.2 cm³/mol. The zero-order valence-corrected chi connectivity index (χ0v) is 10.9. The van der Waals surface area contributed by atoms with E-state index in [1.54, 1.807) is 6.20 Å². The monoisotopic (exact) mass is 262 g/mol. The molecule has 0 N–H and O–H groups in total. The average Bonchev–Trinajstić information content (AvgIpc) is 2.55. The number of nitrogens with zero attached hydrogens (tertiary/aromatic N) is 2. The molecule has 3 nitrogen and oxygen atoms in total. The smallest absolute Gasteiger partial charge is 0.166 e. The van der Waals surface area contributed by atoms with E-state index >= 15 is 0 Å². The summed E-state index contributed by atoms with van der Waals surface area (Å²) in [6.07, 6.45) is 1.76. The second kappa shape index (κ2) is 5.97. The summed E-state index contributed by atoms with van der Waals surface area (Å²) in [4.78, 5) is 8.77. The van der Waals surface area contributed by atoms with Crippen molar-refractivity contribution in [1.82, 2.24) is 9.97 Å². The van der Waals surface area contributed by atoms with Gasteiger partial charge in [0.15, 0.2) is 5.82 Å². The number of ether oxygens (including phenoxy) is 1. The number of rotatable bonds is 4. The van der Waals surface area contributed by atoms with Gasteiger partial charge in [0.05, 0.1) is 5.69 Å². The van der Waals surface area contributed by atoms with Crippen molar-refractivity contribution >= 4 is 0 Å². The van der Waals surface area contributed by atoms with Crippen molar-refractivity contribution in [3.05, 3.63) is 78.8 Å². The molecule has 0 fully saturated rings. The fourth-order valence-corrected chi connectivity index (χ4v) is 1.90. The Bertz CT molecular complexity index is 669. The number of hydrogen-bond acceptors (Lipinski definition) is 3. The van der Waals surface area contributed by atoms with E-state index in [1.165, 1.54) is 0 Å². The Balaban J connectivity index is 1.75. The van der Waals surface area contributed by atoms with Crippen molar-refractivity contribution in [2.45, 2.75) is 6.61 Å². The van der Waals surface area contributed by atoms with E-state index in [1.807, 2.05) is 66.7 Å². The Morgan fingerprint density at radius 1 is 0.800 bits per heavy atom. The summed E-state index contributed by atoms with van der Waals surface area (Å²) >= 11 is 0. The van der Waals surface area contributed by atoms with Gasteiger partial charge in [-0.1, -0.05) is 48.5 Å². The van der Waals surface area contributed by atoms with Crippen molar-refractivity contribution in [2.75, 3.05) is 0 Å². The fourth-order valence-electron chi connectivity index (χ4n) is 1.90. The zero-order valence-electron chi connectivity index (χ0n) is 10.9. The van der Waals surface area contributed by atoms with Crippen LogP contribution < -0.4 is 4.74 Å². The van der Waals surface area contributed by atoms with Crippen LogP contribution in [0, 0.1) is 0 Å². The molecule has 0 radical (unpaired) electrons. The number of hydrogen-bond donors (Lipinski definition) is 0. The minimum absolute atomic E-state index is 0.366. The molecular formula is C17H14N2O. The van der Waals surface area contributed by atoms with Crippen molar-refractivity contribution in [3.63, 3.8) is 0 Å². The molecule has 3 heteroatoms. The molecule has 0 saturated heterocycles.